The van der Waals surface area contributed by atoms with Gasteiger partial charge in [0.15, 0.2) is 0 Å². The van der Waals surface area contributed by atoms with Crippen molar-refractivity contribution in [1.29, 1.82) is 0 Å². The fourth-order valence-corrected chi connectivity index (χ4v) is 2.43. The zero-order valence-corrected chi connectivity index (χ0v) is 13.4. The van der Waals surface area contributed by atoms with E-state index in [4.69, 9.17) is 11.6 Å². The Bertz CT molecular complexity index is 480. The molecule has 20 heavy (non-hydrogen) atoms. The van der Waals surface area contributed by atoms with Crippen molar-refractivity contribution >= 4 is 34.0 Å². The average Bonchev–Trinajstić information content (AvgIpc) is 2.45. The van der Waals surface area contributed by atoms with Gasteiger partial charge >= 0.3 is 0 Å². The molecule has 0 aliphatic rings. The second-order valence-corrected chi connectivity index (χ2v) is 6.61. The molecule has 0 saturated carbocycles. The van der Waals surface area contributed by atoms with Gasteiger partial charge in [0.2, 0.25) is 0 Å². The number of carbonyl (C=O) groups excluding carboxylic acids is 1. The standard InChI is InChI=1S/C14H21ClN2O2S/c1-3-7-16-13-6-5-11(15)10-12(13)14(18)17-8-9-20(19)4-2/h5-6,10,16H,3-4,7-9H2,1-2H3,(H,17,18). The third-order valence-corrected chi connectivity index (χ3v) is 4.27. The lowest BCUT2D eigenvalue weighted by atomic mass is 10.1. The summed E-state index contributed by atoms with van der Waals surface area (Å²) in [5.41, 5.74) is 1.29. The molecule has 112 valence electrons. The summed E-state index contributed by atoms with van der Waals surface area (Å²) in [5.74, 6) is 0.885. The molecule has 0 aliphatic heterocycles. The van der Waals surface area contributed by atoms with Crippen LogP contribution in [0.1, 0.15) is 30.6 Å². The molecule has 0 aromatic heterocycles. The Morgan fingerprint density at radius 1 is 1.30 bits per heavy atom. The summed E-state index contributed by atoms with van der Waals surface area (Å²) in [4.78, 5) is 12.1. The lowest BCUT2D eigenvalue weighted by Crippen LogP contribution is -2.28. The first-order chi connectivity index (χ1) is 9.58. The number of halogens is 1. The van der Waals surface area contributed by atoms with Crippen LogP contribution in [-0.4, -0.2) is 34.7 Å². The SMILES string of the molecule is CCCNc1ccc(Cl)cc1C(=O)NCCS(=O)CC. The fourth-order valence-electron chi connectivity index (χ4n) is 1.64. The Labute approximate surface area is 127 Å². The minimum atomic E-state index is -0.871. The minimum Gasteiger partial charge on any atom is -0.384 e. The highest BCUT2D eigenvalue weighted by Gasteiger charge is 2.11. The number of nitrogens with one attached hydrogen (secondary N) is 2. The lowest BCUT2D eigenvalue weighted by Gasteiger charge is -2.12. The first-order valence-corrected chi connectivity index (χ1v) is 8.61. The van der Waals surface area contributed by atoms with E-state index in [2.05, 4.69) is 17.6 Å². The van der Waals surface area contributed by atoms with Crippen molar-refractivity contribution in [1.82, 2.24) is 5.32 Å². The van der Waals surface area contributed by atoms with Gasteiger partial charge in [-0.1, -0.05) is 25.4 Å². The number of carbonyl (C=O) groups is 1. The topological polar surface area (TPSA) is 58.2 Å². The molecule has 0 radical (unpaired) electrons. The van der Waals surface area contributed by atoms with Gasteiger partial charge in [-0.05, 0) is 24.6 Å². The summed E-state index contributed by atoms with van der Waals surface area (Å²) in [5, 5.41) is 6.50. The highest BCUT2D eigenvalue weighted by Crippen LogP contribution is 2.20. The number of anilines is 1. The van der Waals surface area contributed by atoms with Gasteiger partial charge in [0.05, 0.1) is 5.56 Å². The van der Waals surface area contributed by atoms with Gasteiger partial charge < -0.3 is 10.6 Å². The zero-order valence-electron chi connectivity index (χ0n) is 11.9. The molecule has 1 aromatic carbocycles. The average molecular weight is 317 g/mol. The van der Waals surface area contributed by atoms with Gasteiger partial charge in [0.1, 0.15) is 0 Å². The minimum absolute atomic E-state index is 0.195. The summed E-state index contributed by atoms with van der Waals surface area (Å²) < 4.78 is 11.3. The Kier molecular flexibility index (Phi) is 7.62. The molecular weight excluding hydrogens is 296 g/mol. The van der Waals surface area contributed by atoms with E-state index in [-0.39, 0.29) is 5.91 Å². The van der Waals surface area contributed by atoms with Crippen LogP contribution in [0.3, 0.4) is 0 Å². The predicted molar refractivity (Wildman–Crippen MR) is 86.1 cm³/mol. The van der Waals surface area contributed by atoms with E-state index in [1.165, 1.54) is 0 Å². The zero-order chi connectivity index (χ0) is 15.0. The van der Waals surface area contributed by atoms with Crippen molar-refractivity contribution in [3.63, 3.8) is 0 Å². The summed E-state index contributed by atoms with van der Waals surface area (Å²) in [6, 6.07) is 5.20. The number of amides is 1. The molecule has 1 rings (SSSR count). The highest BCUT2D eigenvalue weighted by molar-refractivity contribution is 7.84. The van der Waals surface area contributed by atoms with E-state index < -0.39 is 10.8 Å². The maximum absolute atomic E-state index is 12.1. The van der Waals surface area contributed by atoms with Gasteiger partial charge in [-0.3, -0.25) is 9.00 Å². The molecule has 1 amide bonds. The molecule has 1 aromatic rings. The Hall–Kier alpha value is -1.07. The van der Waals surface area contributed by atoms with E-state index in [0.717, 1.165) is 18.7 Å². The highest BCUT2D eigenvalue weighted by atomic mass is 35.5. The molecule has 0 saturated heterocycles. The quantitative estimate of drug-likeness (QED) is 0.775. The van der Waals surface area contributed by atoms with Crippen LogP contribution in [0.25, 0.3) is 0 Å². The molecule has 0 spiro atoms. The van der Waals surface area contributed by atoms with Gasteiger partial charge in [0.25, 0.3) is 5.91 Å². The van der Waals surface area contributed by atoms with E-state index in [1.807, 2.05) is 6.92 Å². The maximum atomic E-state index is 12.1. The summed E-state index contributed by atoms with van der Waals surface area (Å²) >= 11 is 5.95. The van der Waals surface area contributed by atoms with E-state index in [0.29, 0.717) is 28.6 Å². The monoisotopic (exact) mass is 316 g/mol. The number of hydrogen-bond donors (Lipinski definition) is 2. The maximum Gasteiger partial charge on any atom is 0.253 e. The van der Waals surface area contributed by atoms with Crippen LogP contribution in [0, 0.1) is 0 Å². The van der Waals surface area contributed by atoms with Crippen molar-refractivity contribution in [2.45, 2.75) is 20.3 Å². The van der Waals surface area contributed by atoms with Crippen LogP contribution >= 0.6 is 11.6 Å². The molecule has 6 heteroatoms. The normalized spacial score (nSPS) is 11.9. The van der Waals surface area contributed by atoms with Crippen LogP contribution in [-0.2, 0) is 10.8 Å². The van der Waals surface area contributed by atoms with Gasteiger partial charge in [-0.25, -0.2) is 0 Å². The summed E-state index contributed by atoms with van der Waals surface area (Å²) in [7, 11) is -0.871. The summed E-state index contributed by atoms with van der Waals surface area (Å²) in [6.45, 7) is 5.12. The Morgan fingerprint density at radius 2 is 2.05 bits per heavy atom. The molecule has 0 bridgehead atoms. The largest absolute Gasteiger partial charge is 0.384 e. The Balaban J connectivity index is 2.69. The number of benzene rings is 1. The third-order valence-electron chi connectivity index (χ3n) is 2.73. The van der Waals surface area contributed by atoms with Crippen LogP contribution in [0.4, 0.5) is 5.69 Å². The van der Waals surface area contributed by atoms with Crippen molar-refractivity contribution in [2.24, 2.45) is 0 Å². The van der Waals surface area contributed by atoms with Crippen LogP contribution in [0.15, 0.2) is 18.2 Å². The Morgan fingerprint density at radius 3 is 2.70 bits per heavy atom. The third kappa shape index (κ3) is 5.51. The molecular formula is C14H21ClN2O2S. The van der Waals surface area contributed by atoms with Crippen LogP contribution in [0.5, 0.6) is 0 Å². The van der Waals surface area contributed by atoms with Gasteiger partial charge in [0, 0.05) is 46.1 Å². The second-order valence-electron chi connectivity index (χ2n) is 4.31. The van der Waals surface area contributed by atoms with Gasteiger partial charge in [-0.2, -0.15) is 0 Å². The van der Waals surface area contributed by atoms with Crippen molar-refractivity contribution in [3.8, 4) is 0 Å². The molecule has 0 heterocycles. The molecule has 2 N–H and O–H groups in total. The summed E-state index contributed by atoms with van der Waals surface area (Å²) in [6.07, 6.45) is 0.971. The predicted octanol–water partition coefficient (Wildman–Crippen LogP) is 2.66. The first-order valence-electron chi connectivity index (χ1n) is 6.75. The number of hydrogen-bond acceptors (Lipinski definition) is 3. The van der Waals surface area contributed by atoms with E-state index in [9.17, 15) is 9.00 Å². The second kappa shape index (κ2) is 8.97. The van der Waals surface area contributed by atoms with Crippen molar-refractivity contribution in [3.05, 3.63) is 28.8 Å². The van der Waals surface area contributed by atoms with Gasteiger partial charge in [-0.15, -0.1) is 0 Å². The lowest BCUT2D eigenvalue weighted by molar-refractivity contribution is 0.0957. The van der Waals surface area contributed by atoms with E-state index in [1.54, 1.807) is 18.2 Å². The van der Waals surface area contributed by atoms with Crippen molar-refractivity contribution in [2.75, 3.05) is 29.9 Å². The molecule has 0 fully saturated rings. The molecule has 4 nitrogen and oxygen atoms in total. The number of rotatable bonds is 8. The molecule has 0 aliphatic carbocycles. The molecule has 1 atom stereocenters. The molecule has 1 unspecified atom stereocenters. The van der Waals surface area contributed by atoms with E-state index >= 15 is 0 Å². The first kappa shape index (κ1) is 17.0. The smallest absolute Gasteiger partial charge is 0.253 e. The van der Waals surface area contributed by atoms with Crippen molar-refractivity contribution < 1.29 is 9.00 Å². The van der Waals surface area contributed by atoms with Crippen LogP contribution in [0.2, 0.25) is 5.02 Å². The fraction of sp³-hybridized carbons (Fsp3) is 0.500. The van der Waals surface area contributed by atoms with Crippen LogP contribution < -0.4 is 10.6 Å².